The maximum Gasteiger partial charge on any atom is 0.323 e. The second-order valence-electron chi connectivity index (χ2n) is 5.20. The Morgan fingerprint density at radius 1 is 1.25 bits per heavy atom. The van der Waals surface area contributed by atoms with Gasteiger partial charge in [0.05, 0.1) is 29.0 Å². The van der Waals surface area contributed by atoms with Crippen LogP contribution in [-0.4, -0.2) is 21.2 Å². The summed E-state index contributed by atoms with van der Waals surface area (Å²) in [5.41, 5.74) is 4.29. The lowest BCUT2D eigenvalue weighted by Gasteiger charge is -2.10. The Balaban J connectivity index is 1.70. The number of aromatic amines is 1. The fourth-order valence-corrected chi connectivity index (χ4v) is 2.12. The van der Waals surface area contributed by atoms with Gasteiger partial charge in [-0.15, -0.1) is 0 Å². The average molecular weight is 271 g/mol. The highest BCUT2D eigenvalue weighted by molar-refractivity contribution is 6.00. The molecule has 0 aliphatic heterocycles. The fraction of sp³-hybridized carbons (Fsp3) is 0.357. The molecule has 0 radical (unpaired) electrons. The molecule has 1 fully saturated rings. The molecule has 1 saturated carbocycles. The van der Waals surface area contributed by atoms with Crippen LogP contribution in [0.4, 0.5) is 16.2 Å². The Morgan fingerprint density at radius 2 is 2.00 bits per heavy atom. The summed E-state index contributed by atoms with van der Waals surface area (Å²) in [7, 11) is 0. The highest BCUT2D eigenvalue weighted by Gasteiger charge is 2.28. The van der Waals surface area contributed by atoms with E-state index in [2.05, 4.69) is 25.8 Å². The van der Waals surface area contributed by atoms with Gasteiger partial charge >= 0.3 is 6.03 Å². The predicted octanol–water partition coefficient (Wildman–Crippen LogP) is 2.94. The molecule has 2 amide bonds. The minimum Gasteiger partial charge on any atom is -0.306 e. The number of nitrogens with one attached hydrogen (secondary N) is 3. The number of nitrogens with zero attached hydrogens (tertiary/aromatic N) is 2. The predicted molar refractivity (Wildman–Crippen MR) is 76.9 cm³/mol. The van der Waals surface area contributed by atoms with Crippen LogP contribution in [0.5, 0.6) is 0 Å². The van der Waals surface area contributed by atoms with E-state index in [1.807, 2.05) is 19.9 Å². The summed E-state index contributed by atoms with van der Waals surface area (Å²) in [5, 5.41) is 12.6. The number of carbonyl (C=O) groups excluding carboxylic acids is 1. The molecule has 6 heteroatoms. The van der Waals surface area contributed by atoms with Crippen molar-refractivity contribution in [1.82, 2.24) is 15.2 Å². The zero-order valence-corrected chi connectivity index (χ0v) is 11.5. The van der Waals surface area contributed by atoms with Gasteiger partial charge in [0.25, 0.3) is 0 Å². The number of H-pyrrole nitrogens is 1. The van der Waals surface area contributed by atoms with Crippen LogP contribution < -0.4 is 10.6 Å². The van der Waals surface area contributed by atoms with Gasteiger partial charge in [-0.2, -0.15) is 5.10 Å². The Morgan fingerprint density at radius 3 is 2.75 bits per heavy atom. The highest BCUT2D eigenvalue weighted by Crippen LogP contribution is 2.42. The van der Waals surface area contributed by atoms with Gasteiger partial charge in [0.1, 0.15) is 0 Å². The summed E-state index contributed by atoms with van der Waals surface area (Å²) in [5.74, 6) is 0.509. The smallest absolute Gasteiger partial charge is 0.306 e. The lowest BCUT2D eigenvalue weighted by molar-refractivity contribution is 0.262. The summed E-state index contributed by atoms with van der Waals surface area (Å²) in [6.07, 6.45) is 5.73. The van der Waals surface area contributed by atoms with E-state index in [1.165, 1.54) is 0 Å². The zero-order chi connectivity index (χ0) is 14.1. The molecule has 0 atom stereocenters. The number of urea groups is 1. The fourth-order valence-electron chi connectivity index (χ4n) is 2.12. The van der Waals surface area contributed by atoms with E-state index in [-0.39, 0.29) is 6.03 Å². The van der Waals surface area contributed by atoms with Crippen LogP contribution in [0.3, 0.4) is 0 Å². The first-order valence-electron chi connectivity index (χ1n) is 6.68. The van der Waals surface area contributed by atoms with Gasteiger partial charge in [-0.05, 0) is 38.3 Å². The molecule has 3 N–H and O–H groups in total. The standard InChI is InChI=1S/C14H17N5O/c1-8-5-11(9(2)15-6-8)17-14(20)18-12-7-16-19-13(12)10-3-4-10/h5-7,10H,3-4H2,1-2H3,(H,16,19)(H2,17,18,20). The van der Waals surface area contributed by atoms with Crippen molar-refractivity contribution in [3.63, 3.8) is 0 Å². The van der Waals surface area contributed by atoms with Crippen molar-refractivity contribution in [2.75, 3.05) is 10.6 Å². The van der Waals surface area contributed by atoms with Crippen molar-refractivity contribution in [3.8, 4) is 0 Å². The van der Waals surface area contributed by atoms with Crippen molar-refractivity contribution in [3.05, 3.63) is 35.4 Å². The largest absolute Gasteiger partial charge is 0.323 e. The van der Waals surface area contributed by atoms with Crippen LogP contribution in [0, 0.1) is 13.8 Å². The van der Waals surface area contributed by atoms with Crippen LogP contribution >= 0.6 is 0 Å². The number of hydrogen-bond acceptors (Lipinski definition) is 3. The quantitative estimate of drug-likeness (QED) is 0.802. The summed E-state index contributed by atoms with van der Waals surface area (Å²) < 4.78 is 0. The third kappa shape index (κ3) is 2.64. The van der Waals surface area contributed by atoms with Gasteiger partial charge in [0.2, 0.25) is 0 Å². The molecular formula is C14H17N5O. The van der Waals surface area contributed by atoms with Crippen molar-refractivity contribution < 1.29 is 4.79 Å². The van der Waals surface area contributed by atoms with E-state index in [9.17, 15) is 4.79 Å². The maximum absolute atomic E-state index is 12.0. The average Bonchev–Trinajstić information content (AvgIpc) is 3.15. The minimum atomic E-state index is -0.274. The second kappa shape index (κ2) is 4.96. The van der Waals surface area contributed by atoms with Crippen LogP contribution in [0.25, 0.3) is 0 Å². The monoisotopic (exact) mass is 271 g/mol. The van der Waals surface area contributed by atoms with Crippen molar-refractivity contribution >= 4 is 17.4 Å². The molecule has 2 aromatic rings. The lowest BCUT2D eigenvalue weighted by Crippen LogP contribution is -2.20. The first-order valence-corrected chi connectivity index (χ1v) is 6.68. The molecule has 0 spiro atoms. The molecule has 0 unspecified atom stereocenters. The first-order chi connectivity index (χ1) is 9.63. The maximum atomic E-state index is 12.0. The number of amides is 2. The third-order valence-corrected chi connectivity index (χ3v) is 3.37. The third-order valence-electron chi connectivity index (χ3n) is 3.37. The highest BCUT2D eigenvalue weighted by atomic mass is 16.2. The number of rotatable bonds is 3. The normalized spacial score (nSPS) is 14.1. The summed E-state index contributed by atoms with van der Waals surface area (Å²) in [6.45, 7) is 3.80. The molecule has 2 aromatic heterocycles. The Hall–Kier alpha value is -2.37. The Bertz CT molecular complexity index is 645. The van der Waals surface area contributed by atoms with Gasteiger partial charge in [-0.1, -0.05) is 0 Å². The summed E-state index contributed by atoms with van der Waals surface area (Å²) in [4.78, 5) is 16.3. The second-order valence-corrected chi connectivity index (χ2v) is 5.20. The Labute approximate surface area is 117 Å². The zero-order valence-electron chi connectivity index (χ0n) is 11.5. The van der Waals surface area contributed by atoms with Crippen molar-refractivity contribution in [1.29, 1.82) is 0 Å². The van der Waals surface area contributed by atoms with Gasteiger partial charge in [0, 0.05) is 12.1 Å². The van der Waals surface area contributed by atoms with E-state index < -0.39 is 0 Å². The van der Waals surface area contributed by atoms with E-state index >= 15 is 0 Å². The summed E-state index contributed by atoms with van der Waals surface area (Å²) in [6, 6.07) is 1.63. The molecular weight excluding hydrogens is 254 g/mol. The van der Waals surface area contributed by atoms with Gasteiger partial charge < -0.3 is 10.6 Å². The van der Waals surface area contributed by atoms with Crippen LogP contribution in [0.15, 0.2) is 18.5 Å². The number of hydrogen-bond donors (Lipinski definition) is 3. The number of aromatic nitrogens is 3. The van der Waals surface area contributed by atoms with E-state index in [0.29, 0.717) is 5.92 Å². The van der Waals surface area contributed by atoms with Crippen LogP contribution in [-0.2, 0) is 0 Å². The van der Waals surface area contributed by atoms with Crippen molar-refractivity contribution in [2.45, 2.75) is 32.6 Å². The molecule has 2 heterocycles. The SMILES string of the molecule is Cc1cnc(C)c(NC(=O)Nc2cn[nH]c2C2CC2)c1. The molecule has 0 saturated heterocycles. The molecule has 0 aromatic carbocycles. The number of aryl methyl sites for hydroxylation is 2. The number of pyridine rings is 1. The van der Waals surface area contributed by atoms with Crippen LogP contribution in [0.2, 0.25) is 0 Å². The first kappa shape index (κ1) is 12.7. The van der Waals surface area contributed by atoms with Crippen molar-refractivity contribution in [2.24, 2.45) is 0 Å². The van der Waals surface area contributed by atoms with Crippen LogP contribution in [0.1, 0.15) is 35.7 Å². The minimum absolute atomic E-state index is 0.274. The van der Waals surface area contributed by atoms with E-state index in [1.54, 1.807) is 12.4 Å². The molecule has 1 aliphatic carbocycles. The summed E-state index contributed by atoms with van der Waals surface area (Å²) >= 11 is 0. The number of carbonyl (C=O) groups is 1. The van der Waals surface area contributed by atoms with E-state index in [0.717, 1.165) is 41.2 Å². The molecule has 20 heavy (non-hydrogen) atoms. The van der Waals surface area contributed by atoms with E-state index in [4.69, 9.17) is 0 Å². The Kier molecular flexibility index (Phi) is 3.14. The molecule has 0 bridgehead atoms. The van der Waals surface area contributed by atoms with Gasteiger partial charge in [-0.3, -0.25) is 10.1 Å². The van der Waals surface area contributed by atoms with Gasteiger partial charge in [0.15, 0.2) is 0 Å². The lowest BCUT2D eigenvalue weighted by atomic mass is 10.2. The van der Waals surface area contributed by atoms with Gasteiger partial charge in [-0.25, -0.2) is 4.79 Å². The topological polar surface area (TPSA) is 82.7 Å². The molecule has 1 aliphatic rings. The molecule has 104 valence electrons. The molecule has 3 rings (SSSR count). The molecule has 6 nitrogen and oxygen atoms in total. The number of anilines is 2.